The molecule has 0 aliphatic rings. The molecule has 0 radical (unpaired) electrons. The lowest BCUT2D eigenvalue weighted by Crippen LogP contribution is -2.30. The van der Waals surface area contributed by atoms with Crippen molar-refractivity contribution in [2.24, 2.45) is 0 Å². The maximum atomic E-state index is 13.5. The molecule has 1 amide bonds. The highest BCUT2D eigenvalue weighted by Crippen LogP contribution is 2.35. The van der Waals surface area contributed by atoms with E-state index in [9.17, 15) is 9.18 Å². The van der Waals surface area contributed by atoms with Gasteiger partial charge in [-0.05, 0) is 54.4 Å². The van der Waals surface area contributed by atoms with E-state index in [1.807, 2.05) is 25.1 Å². The number of fused-ring (bicyclic) bond motifs is 1. The van der Waals surface area contributed by atoms with Crippen LogP contribution >= 0.6 is 34.5 Å². The van der Waals surface area contributed by atoms with E-state index < -0.39 is 5.82 Å². The fourth-order valence-electron chi connectivity index (χ4n) is 2.97. The number of rotatable bonds is 4. The van der Waals surface area contributed by atoms with Crippen LogP contribution in [0.5, 0.6) is 0 Å². The first-order valence-corrected chi connectivity index (χ1v) is 10.2. The van der Waals surface area contributed by atoms with Crippen molar-refractivity contribution in [3.8, 4) is 0 Å². The van der Waals surface area contributed by atoms with E-state index in [0.29, 0.717) is 10.2 Å². The lowest BCUT2D eigenvalue weighted by Gasteiger charge is -2.20. The highest BCUT2D eigenvalue weighted by atomic mass is 35.5. The Morgan fingerprint density at radius 3 is 2.76 bits per heavy atom. The third-order valence-electron chi connectivity index (χ3n) is 4.34. The number of carbonyl (C=O) groups excluding carboxylic acids is 1. The average molecular weight is 446 g/mol. The summed E-state index contributed by atoms with van der Waals surface area (Å²) in [4.78, 5) is 23.7. The fraction of sp³-hybridized carbons (Fsp3) is 0.0952. The van der Waals surface area contributed by atoms with Crippen LogP contribution in [0.1, 0.15) is 21.5 Å². The number of hydrogen-bond donors (Lipinski definition) is 0. The highest BCUT2D eigenvalue weighted by Gasteiger charge is 2.24. The van der Waals surface area contributed by atoms with Crippen molar-refractivity contribution >= 4 is 55.8 Å². The van der Waals surface area contributed by atoms with Gasteiger partial charge < -0.3 is 0 Å². The van der Waals surface area contributed by atoms with Gasteiger partial charge in [0.25, 0.3) is 5.91 Å². The molecule has 0 aliphatic heterocycles. The molecule has 2 aromatic carbocycles. The molecule has 29 heavy (non-hydrogen) atoms. The Morgan fingerprint density at radius 1 is 1.21 bits per heavy atom. The van der Waals surface area contributed by atoms with Gasteiger partial charge in [-0.3, -0.25) is 14.7 Å². The number of benzene rings is 2. The van der Waals surface area contributed by atoms with E-state index >= 15 is 0 Å². The summed E-state index contributed by atoms with van der Waals surface area (Å²) in [5.41, 5.74) is 2.73. The molecular formula is C21H14Cl2FN3OS. The highest BCUT2D eigenvalue weighted by molar-refractivity contribution is 7.22. The van der Waals surface area contributed by atoms with E-state index in [1.165, 1.54) is 28.4 Å². The summed E-state index contributed by atoms with van der Waals surface area (Å²) in [5.74, 6) is -0.878. The first kappa shape index (κ1) is 19.8. The van der Waals surface area contributed by atoms with Gasteiger partial charge in [-0.25, -0.2) is 9.37 Å². The minimum absolute atomic E-state index is 0.0477. The number of anilines is 1. The number of nitrogens with zero attached hydrogens (tertiary/aromatic N) is 3. The molecule has 0 bridgehead atoms. The summed E-state index contributed by atoms with van der Waals surface area (Å²) >= 11 is 13.7. The molecule has 0 unspecified atom stereocenters. The van der Waals surface area contributed by atoms with Gasteiger partial charge in [0.1, 0.15) is 5.82 Å². The third kappa shape index (κ3) is 4.10. The second-order valence-corrected chi connectivity index (χ2v) is 8.30. The van der Waals surface area contributed by atoms with Gasteiger partial charge in [-0.2, -0.15) is 0 Å². The Bertz CT molecular complexity index is 1210. The number of halogens is 3. The second-order valence-electron chi connectivity index (χ2n) is 6.44. The minimum Gasteiger partial charge on any atom is -0.279 e. The molecule has 0 atom stereocenters. The quantitative estimate of drug-likeness (QED) is 0.370. The summed E-state index contributed by atoms with van der Waals surface area (Å²) in [5, 5.41) is 1.16. The fourth-order valence-corrected chi connectivity index (χ4v) is 4.63. The Balaban J connectivity index is 1.82. The summed E-state index contributed by atoms with van der Waals surface area (Å²) in [7, 11) is 0. The first-order valence-electron chi connectivity index (χ1n) is 8.65. The average Bonchev–Trinajstić information content (AvgIpc) is 3.10. The number of aromatic nitrogens is 2. The SMILES string of the molecule is Cc1cc(Cl)cc2sc(N(Cc3cccnc3)C(=O)c3ccc(F)cc3Cl)nc12. The van der Waals surface area contributed by atoms with Gasteiger partial charge in [0, 0.05) is 17.4 Å². The van der Waals surface area contributed by atoms with Crippen molar-refractivity contribution in [1.82, 2.24) is 9.97 Å². The number of thiazole rings is 1. The summed E-state index contributed by atoms with van der Waals surface area (Å²) in [6, 6.07) is 11.0. The van der Waals surface area contributed by atoms with Crippen molar-refractivity contribution in [1.29, 1.82) is 0 Å². The Labute approximate surface area is 180 Å². The molecular weight excluding hydrogens is 432 g/mol. The molecule has 8 heteroatoms. The minimum atomic E-state index is -0.504. The monoisotopic (exact) mass is 445 g/mol. The van der Waals surface area contributed by atoms with Crippen LogP contribution in [0.15, 0.2) is 54.9 Å². The zero-order valence-corrected chi connectivity index (χ0v) is 17.5. The number of hydrogen-bond acceptors (Lipinski definition) is 4. The smallest absolute Gasteiger partial charge is 0.261 e. The van der Waals surface area contributed by atoms with Crippen LogP contribution in [0.25, 0.3) is 10.2 Å². The van der Waals surface area contributed by atoms with E-state index in [1.54, 1.807) is 18.5 Å². The maximum absolute atomic E-state index is 13.5. The molecule has 2 aromatic heterocycles. The van der Waals surface area contributed by atoms with E-state index in [4.69, 9.17) is 23.2 Å². The molecule has 146 valence electrons. The molecule has 0 fully saturated rings. The summed E-state index contributed by atoms with van der Waals surface area (Å²) < 4.78 is 14.3. The lowest BCUT2D eigenvalue weighted by atomic mass is 10.2. The van der Waals surface area contributed by atoms with E-state index in [2.05, 4.69) is 9.97 Å². The Kier molecular flexibility index (Phi) is 5.50. The molecule has 2 heterocycles. The summed E-state index contributed by atoms with van der Waals surface area (Å²) in [6.45, 7) is 2.16. The third-order valence-corrected chi connectivity index (χ3v) is 5.90. The second kappa shape index (κ2) is 8.06. The van der Waals surface area contributed by atoms with Crippen molar-refractivity contribution in [3.05, 3.63) is 87.4 Å². The molecule has 4 nitrogen and oxygen atoms in total. The number of pyridine rings is 1. The Morgan fingerprint density at radius 2 is 2.03 bits per heavy atom. The van der Waals surface area contributed by atoms with Crippen LogP contribution < -0.4 is 4.90 Å². The van der Waals surface area contributed by atoms with Crippen molar-refractivity contribution in [3.63, 3.8) is 0 Å². The molecule has 0 aliphatic carbocycles. The van der Waals surface area contributed by atoms with Crippen LogP contribution in [-0.4, -0.2) is 15.9 Å². The van der Waals surface area contributed by atoms with Crippen LogP contribution in [0.4, 0.5) is 9.52 Å². The molecule has 0 N–H and O–H groups in total. The summed E-state index contributed by atoms with van der Waals surface area (Å²) in [6.07, 6.45) is 3.34. The lowest BCUT2D eigenvalue weighted by molar-refractivity contribution is 0.0985. The van der Waals surface area contributed by atoms with E-state index in [-0.39, 0.29) is 23.0 Å². The predicted octanol–water partition coefficient (Wildman–Crippen LogP) is 6.29. The van der Waals surface area contributed by atoms with Gasteiger partial charge in [0.15, 0.2) is 5.13 Å². The topological polar surface area (TPSA) is 46.1 Å². The van der Waals surface area contributed by atoms with E-state index in [0.717, 1.165) is 27.4 Å². The predicted molar refractivity (Wildman–Crippen MR) is 116 cm³/mol. The zero-order valence-electron chi connectivity index (χ0n) is 15.2. The molecule has 4 rings (SSSR count). The zero-order chi connectivity index (χ0) is 20.5. The van der Waals surface area contributed by atoms with Crippen LogP contribution in [0.3, 0.4) is 0 Å². The largest absolute Gasteiger partial charge is 0.279 e. The maximum Gasteiger partial charge on any atom is 0.261 e. The Hall–Kier alpha value is -2.54. The number of carbonyl (C=O) groups is 1. The molecule has 0 saturated heterocycles. The molecule has 0 spiro atoms. The number of amides is 1. The van der Waals surface area contributed by atoms with Crippen molar-refractivity contribution in [2.45, 2.75) is 13.5 Å². The molecule has 0 saturated carbocycles. The van der Waals surface area contributed by atoms with Crippen molar-refractivity contribution in [2.75, 3.05) is 4.90 Å². The van der Waals surface area contributed by atoms with Crippen LogP contribution in [0.2, 0.25) is 10.0 Å². The van der Waals surface area contributed by atoms with Gasteiger partial charge in [-0.1, -0.05) is 40.6 Å². The van der Waals surface area contributed by atoms with Gasteiger partial charge >= 0.3 is 0 Å². The normalized spacial score (nSPS) is 11.0. The van der Waals surface area contributed by atoms with Crippen molar-refractivity contribution < 1.29 is 9.18 Å². The van der Waals surface area contributed by atoms with Gasteiger partial charge in [0.2, 0.25) is 0 Å². The van der Waals surface area contributed by atoms with Gasteiger partial charge in [-0.15, -0.1) is 0 Å². The van der Waals surface area contributed by atoms with Crippen LogP contribution in [-0.2, 0) is 6.54 Å². The number of aryl methyl sites for hydroxylation is 1. The molecule has 4 aromatic rings. The van der Waals surface area contributed by atoms with Crippen LogP contribution in [0, 0.1) is 12.7 Å². The van der Waals surface area contributed by atoms with Gasteiger partial charge in [0.05, 0.1) is 27.3 Å². The standard InChI is InChI=1S/C21H14Cl2FN3OS/c1-12-7-14(22)8-18-19(12)26-21(29-18)27(11-13-3-2-6-25-10-13)20(28)16-5-4-15(24)9-17(16)23/h2-10H,11H2,1H3. The first-order chi connectivity index (χ1) is 13.9.